The smallest absolute Gasteiger partial charge is 0.410 e. The molecule has 42 heavy (non-hydrogen) atoms. The molecular weight excluding hydrogens is 549 g/mol. The number of β-amino-alcohol motifs (C(OH)–C–C–N with tert-alkyl or cyclic N) is 1. The molecule has 1 saturated heterocycles. The highest BCUT2D eigenvalue weighted by Crippen LogP contribution is 2.67. The van der Waals surface area contributed by atoms with Gasteiger partial charge >= 0.3 is 13.7 Å². The van der Waals surface area contributed by atoms with E-state index in [9.17, 15) is 19.4 Å². The van der Waals surface area contributed by atoms with Gasteiger partial charge in [0.05, 0.1) is 25.3 Å². The van der Waals surface area contributed by atoms with Crippen LogP contribution in [0.1, 0.15) is 112 Å². The molecule has 5 aliphatic rings. The number of ether oxygens (including phenoxy) is 1. The topological polar surface area (TPSA) is 96.3 Å². The number of allylic oxidation sites excluding steroid dienone is 1. The summed E-state index contributed by atoms with van der Waals surface area (Å²) < 4.78 is 22.7. The molecule has 2 N–H and O–H groups in total. The van der Waals surface area contributed by atoms with Gasteiger partial charge in [0, 0.05) is 13.1 Å². The highest BCUT2D eigenvalue weighted by Gasteiger charge is 2.59. The summed E-state index contributed by atoms with van der Waals surface area (Å²) in [6.07, 6.45) is 15.0. The van der Waals surface area contributed by atoms with Crippen molar-refractivity contribution >= 4 is 13.7 Å². The quantitative estimate of drug-likeness (QED) is 0.205. The molecule has 0 aromatic carbocycles. The van der Waals surface area contributed by atoms with Crippen molar-refractivity contribution in [2.45, 2.75) is 130 Å². The molecule has 5 rings (SSSR count). The minimum atomic E-state index is -3.66. The summed E-state index contributed by atoms with van der Waals surface area (Å²) >= 11 is 0. The summed E-state index contributed by atoms with van der Waals surface area (Å²) in [6.45, 7) is 13.6. The van der Waals surface area contributed by atoms with Gasteiger partial charge in [0.15, 0.2) is 0 Å². The molecule has 4 aliphatic carbocycles. The molecule has 1 amide bonds. The van der Waals surface area contributed by atoms with Crippen LogP contribution in [0.2, 0.25) is 0 Å². The summed E-state index contributed by atoms with van der Waals surface area (Å²) in [5, 5.41) is 10.2. The van der Waals surface area contributed by atoms with Crippen molar-refractivity contribution < 1.29 is 28.6 Å². The normalized spacial score (nSPS) is 41.9. The molecule has 0 spiro atoms. The van der Waals surface area contributed by atoms with Crippen LogP contribution in [0.15, 0.2) is 11.6 Å². The molecule has 1 aliphatic heterocycles. The number of carbonyl (C=O) groups is 1. The number of nitrogens with zero attached hydrogens (tertiary/aromatic N) is 1. The second-order valence-corrected chi connectivity index (χ2v) is 17.7. The number of fused-ring (bicyclic) bond motifs is 5. The third-order valence-electron chi connectivity index (χ3n) is 12.7. The number of likely N-dealkylation sites (tertiary alicyclic amines) is 1. The Morgan fingerprint density at radius 1 is 1.12 bits per heavy atom. The second kappa shape index (κ2) is 12.5. The highest BCUT2D eigenvalue weighted by molar-refractivity contribution is 7.51. The second-order valence-electron chi connectivity index (χ2n) is 15.8. The van der Waals surface area contributed by atoms with Gasteiger partial charge in [-0.1, -0.05) is 65.5 Å². The Balaban J connectivity index is 1.21. The predicted octanol–water partition coefficient (Wildman–Crippen LogP) is 7.80. The summed E-state index contributed by atoms with van der Waals surface area (Å²) in [6, 6.07) is -0.457. The summed E-state index contributed by atoms with van der Waals surface area (Å²) in [7, 11) is -3.66. The zero-order valence-corrected chi connectivity index (χ0v) is 28.0. The van der Waals surface area contributed by atoms with E-state index in [0.29, 0.717) is 11.8 Å². The number of aliphatic hydroxyl groups is 1. The van der Waals surface area contributed by atoms with E-state index in [0.717, 1.165) is 61.4 Å². The van der Waals surface area contributed by atoms with E-state index in [2.05, 4.69) is 40.7 Å². The van der Waals surface area contributed by atoms with Crippen LogP contribution < -0.4 is 0 Å². The van der Waals surface area contributed by atoms with Crippen molar-refractivity contribution in [3.8, 4) is 0 Å². The van der Waals surface area contributed by atoms with Crippen molar-refractivity contribution in [2.24, 2.45) is 46.3 Å². The lowest BCUT2D eigenvalue weighted by Crippen LogP contribution is -2.51. The zero-order valence-electron chi connectivity index (χ0n) is 27.1. The minimum Gasteiger partial charge on any atom is -0.446 e. The summed E-state index contributed by atoms with van der Waals surface area (Å²) in [4.78, 5) is 24.2. The van der Waals surface area contributed by atoms with Crippen LogP contribution in [-0.2, 0) is 13.8 Å². The Morgan fingerprint density at radius 2 is 1.88 bits per heavy atom. The van der Waals surface area contributed by atoms with Crippen molar-refractivity contribution in [1.82, 2.24) is 4.90 Å². The number of hydrogen-bond donors (Lipinski definition) is 2. The third kappa shape index (κ3) is 6.56. The fourth-order valence-electron chi connectivity index (χ4n) is 10.5. The van der Waals surface area contributed by atoms with Crippen LogP contribution in [0.5, 0.6) is 0 Å². The van der Waals surface area contributed by atoms with Crippen molar-refractivity contribution in [3.05, 3.63) is 11.6 Å². The van der Waals surface area contributed by atoms with Crippen LogP contribution in [0, 0.1) is 46.3 Å². The lowest BCUT2D eigenvalue weighted by molar-refractivity contribution is -0.0596. The molecule has 4 fully saturated rings. The van der Waals surface area contributed by atoms with Gasteiger partial charge in [-0.25, -0.2) is 4.79 Å². The first-order valence-electron chi connectivity index (χ1n) is 17.0. The van der Waals surface area contributed by atoms with Crippen molar-refractivity contribution in [2.75, 3.05) is 19.8 Å². The fraction of sp³-hybridized carbons (Fsp3) is 0.912. The van der Waals surface area contributed by atoms with E-state index in [1.807, 2.05) is 0 Å². The number of rotatable bonds is 9. The first kappa shape index (κ1) is 32.5. The van der Waals surface area contributed by atoms with Crippen molar-refractivity contribution in [1.29, 1.82) is 0 Å². The number of hydrogen-bond acceptors (Lipinski definition) is 5. The Labute approximate surface area is 254 Å². The third-order valence-corrected chi connectivity index (χ3v) is 13.3. The standard InChI is InChI=1S/C34H58NO6P/c1-22(2)8-7-9-23(3)29-12-13-30-28-11-10-24-18-27(14-16-33(24,4)31(28)15-17-34(29,30)5)41-32(37)35-20-26(36)19-25(35)21-40-42(6,38)39/h10,22-23,25-31,36H,7-9,11-21H2,1-6H3,(H,38,39)/t23-,25?,26+,27+,28?,29-,30+,31+,33+,34-/m1/s1. The van der Waals surface area contributed by atoms with Gasteiger partial charge in [0.1, 0.15) is 6.10 Å². The maximum Gasteiger partial charge on any atom is 0.410 e. The Morgan fingerprint density at radius 3 is 2.60 bits per heavy atom. The maximum absolute atomic E-state index is 13.2. The van der Waals surface area contributed by atoms with Crippen LogP contribution in [0.3, 0.4) is 0 Å². The van der Waals surface area contributed by atoms with Gasteiger partial charge in [-0.3, -0.25) is 4.57 Å². The monoisotopic (exact) mass is 607 g/mol. The SMILES string of the molecule is CC(C)CCC[C@@H](C)[C@H]1CC[C@H]2C3CC=C4C[C@@H](OC(=O)N5C[C@@H](O)CC5COP(C)(=O)O)CC[C@]4(C)[C@H]3CC[C@]12C. The van der Waals surface area contributed by atoms with Gasteiger partial charge < -0.3 is 24.2 Å². The Kier molecular flexibility index (Phi) is 9.67. The molecule has 240 valence electrons. The zero-order chi connectivity index (χ0) is 30.4. The molecule has 8 heteroatoms. The predicted molar refractivity (Wildman–Crippen MR) is 166 cm³/mol. The average molecular weight is 608 g/mol. The molecule has 0 radical (unpaired) electrons. The van der Waals surface area contributed by atoms with Crippen LogP contribution in [0.25, 0.3) is 0 Å². The van der Waals surface area contributed by atoms with Gasteiger partial charge in [0.2, 0.25) is 0 Å². The largest absolute Gasteiger partial charge is 0.446 e. The molecule has 7 nitrogen and oxygen atoms in total. The summed E-state index contributed by atoms with van der Waals surface area (Å²) in [5.74, 6) is 4.82. The van der Waals surface area contributed by atoms with Crippen molar-refractivity contribution in [3.63, 3.8) is 0 Å². The van der Waals surface area contributed by atoms with Gasteiger partial charge in [0.25, 0.3) is 0 Å². The molecule has 3 unspecified atom stereocenters. The molecule has 1 heterocycles. The number of carbonyl (C=O) groups excluding carboxylic acids is 1. The molecule has 3 saturated carbocycles. The van der Waals surface area contributed by atoms with E-state index >= 15 is 0 Å². The first-order valence-corrected chi connectivity index (χ1v) is 19.0. The molecule has 0 aromatic heterocycles. The van der Waals surface area contributed by atoms with Gasteiger partial charge in [-0.15, -0.1) is 0 Å². The van der Waals surface area contributed by atoms with Gasteiger partial charge in [-0.05, 0) is 97.7 Å². The minimum absolute atomic E-state index is 0.0783. The van der Waals surface area contributed by atoms with Crippen LogP contribution >= 0.6 is 7.60 Å². The first-order chi connectivity index (χ1) is 19.7. The lowest BCUT2D eigenvalue weighted by Gasteiger charge is -2.58. The Hall–Kier alpha value is -0.880. The number of amides is 1. The molecule has 11 atom stereocenters. The van der Waals surface area contributed by atoms with E-state index in [1.54, 1.807) is 0 Å². The Bertz CT molecular complexity index is 1060. The number of aliphatic hydroxyl groups excluding tert-OH is 1. The lowest BCUT2D eigenvalue weighted by atomic mass is 9.47. The van der Waals surface area contributed by atoms with E-state index in [4.69, 9.17) is 9.26 Å². The molecular formula is C34H58NO6P. The summed E-state index contributed by atoms with van der Waals surface area (Å²) in [5.41, 5.74) is 2.16. The molecule has 0 aromatic rings. The average Bonchev–Trinajstić information content (AvgIpc) is 3.46. The van der Waals surface area contributed by atoms with E-state index < -0.39 is 25.8 Å². The van der Waals surface area contributed by atoms with E-state index in [1.165, 1.54) is 61.8 Å². The highest BCUT2D eigenvalue weighted by atomic mass is 31.2. The maximum atomic E-state index is 13.2. The van der Waals surface area contributed by atoms with E-state index in [-0.39, 0.29) is 24.7 Å². The fourth-order valence-corrected chi connectivity index (χ4v) is 10.9. The van der Waals surface area contributed by atoms with Crippen LogP contribution in [-0.4, -0.2) is 59.1 Å². The molecule has 0 bridgehead atoms. The van der Waals surface area contributed by atoms with Gasteiger partial charge in [-0.2, -0.15) is 0 Å². The van der Waals surface area contributed by atoms with Crippen LogP contribution in [0.4, 0.5) is 4.79 Å².